The first kappa shape index (κ1) is 16.9. The molecule has 1 fully saturated rings. The molecule has 0 unspecified atom stereocenters. The van der Waals surface area contributed by atoms with Crippen LogP contribution in [0, 0.1) is 10.8 Å². The Hall–Kier alpha value is -0.120. The van der Waals surface area contributed by atoms with E-state index in [1.165, 1.54) is 0 Å². The summed E-state index contributed by atoms with van der Waals surface area (Å²) in [5.41, 5.74) is -0.184. The Bertz CT molecular complexity index is 254. The molecule has 1 saturated carbocycles. The molecule has 3 nitrogen and oxygen atoms in total. The molecule has 1 aliphatic rings. The number of aliphatic hydroxyl groups excluding tert-OH is 1. The van der Waals surface area contributed by atoms with E-state index >= 15 is 0 Å². The van der Waals surface area contributed by atoms with E-state index in [0.29, 0.717) is 12.0 Å². The second-order valence-corrected chi connectivity index (χ2v) is 7.36. The summed E-state index contributed by atoms with van der Waals surface area (Å²) in [6.07, 6.45) is 5.90. The van der Waals surface area contributed by atoms with Crippen LogP contribution in [0.2, 0.25) is 0 Å². The van der Waals surface area contributed by atoms with Crippen LogP contribution in [-0.2, 0) is 0 Å². The van der Waals surface area contributed by atoms with Crippen molar-refractivity contribution < 1.29 is 10.2 Å². The Labute approximate surface area is 118 Å². The second kappa shape index (κ2) is 6.55. The van der Waals surface area contributed by atoms with E-state index in [1.54, 1.807) is 0 Å². The van der Waals surface area contributed by atoms with E-state index < -0.39 is 5.60 Å². The first-order chi connectivity index (χ1) is 8.80. The molecule has 0 spiro atoms. The Kier molecular flexibility index (Phi) is 5.84. The van der Waals surface area contributed by atoms with Gasteiger partial charge in [-0.15, -0.1) is 0 Å². The van der Waals surface area contributed by atoms with Crippen LogP contribution < -0.4 is 5.32 Å². The van der Waals surface area contributed by atoms with Crippen LogP contribution in [0.15, 0.2) is 0 Å². The average Bonchev–Trinajstić information content (AvgIpc) is 2.40. The minimum atomic E-state index is -0.543. The Morgan fingerprint density at radius 1 is 1.05 bits per heavy atom. The zero-order valence-corrected chi connectivity index (χ0v) is 13.3. The van der Waals surface area contributed by atoms with Crippen LogP contribution in [0.3, 0.4) is 0 Å². The van der Waals surface area contributed by atoms with Crippen LogP contribution in [0.25, 0.3) is 0 Å². The summed E-state index contributed by atoms with van der Waals surface area (Å²) in [7, 11) is 0. The summed E-state index contributed by atoms with van der Waals surface area (Å²) >= 11 is 0. The number of aliphatic hydroxyl groups is 2. The molecular formula is C16H33NO2. The standard InChI is InChI=1S/C16H33NO2/c1-5-15(6-2,13-18)11-17-12-16(19)9-7-14(3,4)8-10-16/h17-19H,5-13H2,1-4H3. The maximum atomic E-state index is 10.6. The first-order valence-electron chi connectivity index (χ1n) is 7.84. The highest BCUT2D eigenvalue weighted by Gasteiger charge is 2.36. The normalized spacial score (nSPS) is 22.4. The molecule has 0 aliphatic heterocycles. The molecule has 1 aliphatic carbocycles. The molecule has 0 amide bonds. The highest BCUT2D eigenvalue weighted by molar-refractivity contribution is 4.91. The van der Waals surface area contributed by atoms with Crippen molar-refractivity contribution in [2.24, 2.45) is 10.8 Å². The number of nitrogens with one attached hydrogen (secondary N) is 1. The summed E-state index contributed by atoms with van der Waals surface area (Å²) in [6, 6.07) is 0. The molecule has 0 aromatic carbocycles. The van der Waals surface area contributed by atoms with Gasteiger partial charge in [0.2, 0.25) is 0 Å². The van der Waals surface area contributed by atoms with Crippen LogP contribution in [0.5, 0.6) is 0 Å². The molecule has 1 rings (SSSR count). The quantitative estimate of drug-likeness (QED) is 0.667. The molecule has 0 atom stereocenters. The van der Waals surface area contributed by atoms with E-state index in [4.69, 9.17) is 0 Å². The lowest BCUT2D eigenvalue weighted by atomic mass is 9.71. The van der Waals surface area contributed by atoms with Crippen molar-refractivity contribution >= 4 is 0 Å². The van der Waals surface area contributed by atoms with Gasteiger partial charge in [-0.3, -0.25) is 0 Å². The largest absolute Gasteiger partial charge is 0.396 e. The van der Waals surface area contributed by atoms with Gasteiger partial charge in [0.05, 0.1) is 5.60 Å². The topological polar surface area (TPSA) is 52.5 Å². The average molecular weight is 271 g/mol. The Balaban J connectivity index is 2.40. The molecule has 0 bridgehead atoms. The van der Waals surface area contributed by atoms with E-state index in [0.717, 1.165) is 45.1 Å². The Morgan fingerprint density at radius 2 is 1.58 bits per heavy atom. The molecular weight excluding hydrogens is 238 g/mol. The zero-order chi connectivity index (χ0) is 14.6. The van der Waals surface area contributed by atoms with Crippen molar-refractivity contribution in [3.8, 4) is 0 Å². The summed E-state index contributed by atoms with van der Waals surface area (Å²) < 4.78 is 0. The SMILES string of the molecule is CCC(CC)(CO)CNCC1(O)CCC(C)(C)CC1. The van der Waals surface area contributed by atoms with Gasteiger partial charge < -0.3 is 15.5 Å². The van der Waals surface area contributed by atoms with Gasteiger partial charge >= 0.3 is 0 Å². The third-order valence-electron chi connectivity index (χ3n) is 5.32. The molecule has 19 heavy (non-hydrogen) atoms. The molecule has 3 N–H and O–H groups in total. The smallest absolute Gasteiger partial charge is 0.0772 e. The number of hydrogen-bond acceptors (Lipinski definition) is 3. The molecule has 0 heterocycles. The summed E-state index contributed by atoms with van der Waals surface area (Å²) in [5.74, 6) is 0. The monoisotopic (exact) mass is 271 g/mol. The minimum absolute atomic E-state index is 0.0235. The molecule has 0 saturated heterocycles. The maximum Gasteiger partial charge on any atom is 0.0772 e. The van der Waals surface area contributed by atoms with Gasteiger partial charge in [0.25, 0.3) is 0 Å². The lowest BCUT2D eigenvalue weighted by Gasteiger charge is -2.41. The lowest BCUT2D eigenvalue weighted by Crippen LogP contribution is -2.48. The second-order valence-electron chi connectivity index (χ2n) is 7.36. The zero-order valence-electron chi connectivity index (χ0n) is 13.3. The van der Waals surface area contributed by atoms with Crippen molar-refractivity contribution in [2.45, 2.75) is 71.8 Å². The predicted octanol–water partition coefficient (Wildman–Crippen LogP) is 2.71. The number of rotatable bonds is 7. The maximum absolute atomic E-state index is 10.6. The summed E-state index contributed by atoms with van der Waals surface area (Å²) in [4.78, 5) is 0. The number of hydrogen-bond donors (Lipinski definition) is 3. The van der Waals surface area contributed by atoms with Gasteiger partial charge in [-0.1, -0.05) is 27.7 Å². The van der Waals surface area contributed by atoms with E-state index in [1.807, 2.05) is 0 Å². The Morgan fingerprint density at radius 3 is 2.00 bits per heavy atom. The van der Waals surface area contributed by atoms with Crippen molar-refractivity contribution in [2.75, 3.05) is 19.7 Å². The third-order valence-corrected chi connectivity index (χ3v) is 5.32. The fraction of sp³-hybridized carbons (Fsp3) is 1.00. The van der Waals surface area contributed by atoms with Crippen LogP contribution in [0.4, 0.5) is 0 Å². The van der Waals surface area contributed by atoms with Crippen molar-refractivity contribution in [1.29, 1.82) is 0 Å². The van der Waals surface area contributed by atoms with E-state index in [-0.39, 0.29) is 12.0 Å². The van der Waals surface area contributed by atoms with Gasteiger partial charge in [-0.25, -0.2) is 0 Å². The summed E-state index contributed by atoms with van der Waals surface area (Å²) in [5, 5.41) is 23.5. The highest BCUT2D eigenvalue weighted by atomic mass is 16.3. The van der Waals surface area contributed by atoms with E-state index in [2.05, 4.69) is 33.0 Å². The van der Waals surface area contributed by atoms with Gasteiger partial charge in [0.1, 0.15) is 0 Å². The van der Waals surface area contributed by atoms with E-state index in [9.17, 15) is 10.2 Å². The predicted molar refractivity (Wildman–Crippen MR) is 80.2 cm³/mol. The summed E-state index contributed by atoms with van der Waals surface area (Å²) in [6.45, 7) is 10.5. The van der Waals surface area contributed by atoms with Crippen molar-refractivity contribution in [3.63, 3.8) is 0 Å². The molecule has 3 heteroatoms. The molecule has 0 aromatic rings. The van der Waals surface area contributed by atoms with Gasteiger partial charge in [0.15, 0.2) is 0 Å². The van der Waals surface area contributed by atoms with Crippen LogP contribution in [0.1, 0.15) is 66.2 Å². The fourth-order valence-electron chi connectivity index (χ4n) is 2.91. The minimum Gasteiger partial charge on any atom is -0.396 e. The molecule has 0 radical (unpaired) electrons. The van der Waals surface area contributed by atoms with Gasteiger partial charge in [0, 0.05) is 25.1 Å². The van der Waals surface area contributed by atoms with Crippen molar-refractivity contribution in [3.05, 3.63) is 0 Å². The van der Waals surface area contributed by atoms with Gasteiger partial charge in [-0.2, -0.15) is 0 Å². The van der Waals surface area contributed by atoms with Crippen LogP contribution in [-0.4, -0.2) is 35.5 Å². The molecule has 0 aromatic heterocycles. The van der Waals surface area contributed by atoms with Gasteiger partial charge in [-0.05, 0) is 43.9 Å². The lowest BCUT2D eigenvalue weighted by molar-refractivity contribution is -0.0271. The molecule has 114 valence electrons. The van der Waals surface area contributed by atoms with Crippen LogP contribution >= 0.6 is 0 Å². The highest BCUT2D eigenvalue weighted by Crippen LogP contribution is 2.39. The fourth-order valence-corrected chi connectivity index (χ4v) is 2.91. The van der Waals surface area contributed by atoms with Crippen molar-refractivity contribution in [1.82, 2.24) is 5.32 Å². The third kappa shape index (κ3) is 4.73. The first-order valence-corrected chi connectivity index (χ1v) is 7.84.